The Bertz CT molecular complexity index is 1050. The predicted octanol–water partition coefficient (Wildman–Crippen LogP) is 2.85. The summed E-state index contributed by atoms with van der Waals surface area (Å²) in [4.78, 5) is 15.6. The van der Waals surface area contributed by atoms with Crippen LogP contribution in [0.25, 0.3) is 10.4 Å². The lowest BCUT2D eigenvalue weighted by Gasteiger charge is -2.28. The standard InChI is InChI=1S/C18H15N3O3S2/c22-18(14-6-3-9-21-10-12-26(23,24)20-17(14)21)19-15-7-2-1-5-13(15)16-8-4-11-25-16/h1-9,11H,10,12H2,(H,19,22). The minimum Gasteiger partial charge on any atom is -0.331 e. The summed E-state index contributed by atoms with van der Waals surface area (Å²) in [5.41, 5.74) is 1.82. The van der Waals surface area contributed by atoms with E-state index in [0.717, 1.165) is 10.4 Å². The zero-order valence-corrected chi connectivity index (χ0v) is 15.3. The second-order valence-electron chi connectivity index (χ2n) is 5.79. The fraction of sp³-hybridized carbons (Fsp3) is 0.111. The van der Waals surface area contributed by atoms with Crippen molar-refractivity contribution in [3.63, 3.8) is 0 Å². The molecule has 132 valence electrons. The van der Waals surface area contributed by atoms with Crippen molar-refractivity contribution in [3.8, 4) is 10.4 Å². The molecule has 0 fully saturated rings. The number of hydrogen-bond donors (Lipinski definition) is 1. The lowest BCUT2D eigenvalue weighted by Crippen LogP contribution is -2.40. The van der Waals surface area contributed by atoms with Gasteiger partial charge in [-0.2, -0.15) is 0 Å². The molecule has 3 heterocycles. The Kier molecular flexibility index (Phi) is 4.21. The Labute approximate surface area is 155 Å². The number of sulfonamides is 1. The summed E-state index contributed by atoms with van der Waals surface area (Å²) in [7, 11) is -3.54. The maximum Gasteiger partial charge on any atom is 0.259 e. The van der Waals surface area contributed by atoms with Crippen LogP contribution in [0.2, 0.25) is 0 Å². The molecule has 0 saturated carbocycles. The topological polar surface area (TPSA) is 78.8 Å². The molecule has 4 rings (SSSR count). The SMILES string of the molecule is O=C(Nc1ccccc1-c1cccs1)C1=CC=CN2CCS(=O)(=O)N=C12. The normalized spacial score (nSPS) is 17.9. The van der Waals surface area contributed by atoms with Gasteiger partial charge in [0.2, 0.25) is 0 Å². The summed E-state index contributed by atoms with van der Waals surface area (Å²) in [5.74, 6) is -0.277. The van der Waals surface area contributed by atoms with Crippen LogP contribution in [-0.4, -0.2) is 37.4 Å². The largest absolute Gasteiger partial charge is 0.331 e. The number of nitrogens with one attached hydrogen (secondary N) is 1. The highest BCUT2D eigenvalue weighted by molar-refractivity contribution is 7.90. The van der Waals surface area contributed by atoms with Crippen molar-refractivity contribution in [1.82, 2.24) is 4.90 Å². The molecular weight excluding hydrogens is 370 g/mol. The molecule has 2 aliphatic heterocycles. The third-order valence-corrected chi connectivity index (χ3v) is 6.12. The second kappa shape index (κ2) is 6.54. The molecule has 0 bridgehead atoms. The molecule has 0 radical (unpaired) electrons. The van der Waals surface area contributed by atoms with Crippen molar-refractivity contribution in [1.29, 1.82) is 0 Å². The van der Waals surface area contributed by atoms with Crippen molar-refractivity contribution in [2.24, 2.45) is 4.40 Å². The number of amidine groups is 1. The van der Waals surface area contributed by atoms with Crippen LogP contribution in [0.3, 0.4) is 0 Å². The molecule has 8 heteroatoms. The fourth-order valence-corrected chi connectivity index (χ4v) is 4.57. The van der Waals surface area contributed by atoms with Gasteiger partial charge in [-0.1, -0.05) is 24.3 Å². The lowest BCUT2D eigenvalue weighted by atomic mass is 10.1. The van der Waals surface area contributed by atoms with Crippen molar-refractivity contribution < 1.29 is 13.2 Å². The minimum absolute atomic E-state index is 0.0586. The number of carbonyl (C=O) groups is 1. The van der Waals surface area contributed by atoms with Crippen LogP contribution in [0.5, 0.6) is 0 Å². The van der Waals surface area contributed by atoms with Gasteiger partial charge >= 0.3 is 0 Å². The third kappa shape index (κ3) is 3.21. The highest BCUT2D eigenvalue weighted by Crippen LogP contribution is 2.32. The average molecular weight is 385 g/mol. The van der Waals surface area contributed by atoms with Gasteiger partial charge in [-0.05, 0) is 29.7 Å². The number of benzene rings is 1. The maximum absolute atomic E-state index is 12.8. The maximum atomic E-state index is 12.8. The number of hydrogen-bond acceptors (Lipinski definition) is 5. The molecule has 1 amide bonds. The van der Waals surface area contributed by atoms with E-state index in [0.29, 0.717) is 5.69 Å². The van der Waals surface area contributed by atoms with E-state index in [4.69, 9.17) is 0 Å². The molecule has 1 N–H and O–H groups in total. The molecule has 2 aromatic rings. The van der Waals surface area contributed by atoms with Crippen molar-refractivity contribution >= 4 is 38.8 Å². The number of carbonyl (C=O) groups excluding carboxylic acids is 1. The smallest absolute Gasteiger partial charge is 0.259 e. The summed E-state index contributed by atoms with van der Waals surface area (Å²) in [6.45, 7) is 0.286. The van der Waals surface area contributed by atoms with Crippen molar-refractivity contribution in [2.45, 2.75) is 0 Å². The van der Waals surface area contributed by atoms with Gasteiger partial charge in [0.15, 0.2) is 5.84 Å². The van der Waals surface area contributed by atoms with Crippen LogP contribution < -0.4 is 5.32 Å². The van der Waals surface area contributed by atoms with E-state index in [1.165, 1.54) is 0 Å². The lowest BCUT2D eigenvalue weighted by molar-refractivity contribution is -0.112. The Morgan fingerprint density at radius 3 is 2.85 bits per heavy atom. The van der Waals surface area contributed by atoms with Crippen LogP contribution in [0.4, 0.5) is 5.69 Å². The van der Waals surface area contributed by atoms with E-state index in [1.54, 1.807) is 34.6 Å². The van der Waals surface area contributed by atoms with Crippen LogP contribution >= 0.6 is 11.3 Å². The van der Waals surface area contributed by atoms with Gasteiger partial charge in [0.1, 0.15) is 0 Å². The highest BCUT2D eigenvalue weighted by Gasteiger charge is 2.30. The first-order valence-electron chi connectivity index (χ1n) is 7.96. The molecule has 26 heavy (non-hydrogen) atoms. The number of allylic oxidation sites excluding steroid dienone is 2. The Morgan fingerprint density at radius 1 is 1.19 bits per heavy atom. The number of anilines is 1. The molecule has 0 aliphatic carbocycles. The van der Waals surface area contributed by atoms with Crippen LogP contribution in [0.1, 0.15) is 0 Å². The molecule has 6 nitrogen and oxygen atoms in total. The van der Waals surface area contributed by atoms with Crippen molar-refractivity contribution in [3.05, 3.63) is 65.7 Å². The fourth-order valence-electron chi connectivity index (χ4n) is 2.82. The quantitative estimate of drug-likeness (QED) is 0.881. The summed E-state index contributed by atoms with van der Waals surface area (Å²) < 4.78 is 27.5. The summed E-state index contributed by atoms with van der Waals surface area (Å²) in [6.07, 6.45) is 5.03. The zero-order chi connectivity index (χ0) is 18.1. The van der Waals surface area contributed by atoms with Crippen LogP contribution in [0.15, 0.2) is 70.1 Å². The Morgan fingerprint density at radius 2 is 2.04 bits per heavy atom. The summed E-state index contributed by atoms with van der Waals surface area (Å²) >= 11 is 1.58. The van der Waals surface area contributed by atoms with E-state index in [-0.39, 0.29) is 29.6 Å². The molecule has 0 unspecified atom stereocenters. The number of nitrogens with zero attached hydrogens (tertiary/aromatic N) is 2. The number of para-hydroxylation sites is 1. The average Bonchev–Trinajstić information content (AvgIpc) is 3.15. The number of thiophene rings is 1. The van der Waals surface area contributed by atoms with Gasteiger partial charge < -0.3 is 10.2 Å². The van der Waals surface area contributed by atoms with E-state index in [1.807, 2.05) is 41.8 Å². The Balaban J connectivity index is 1.67. The monoisotopic (exact) mass is 385 g/mol. The Hall–Kier alpha value is -2.71. The summed E-state index contributed by atoms with van der Waals surface area (Å²) in [6, 6.07) is 11.4. The van der Waals surface area contributed by atoms with Gasteiger partial charge in [-0.15, -0.1) is 15.7 Å². The molecule has 1 aromatic heterocycles. The molecule has 0 spiro atoms. The molecule has 1 aromatic carbocycles. The molecular formula is C18H15N3O3S2. The van der Waals surface area contributed by atoms with E-state index < -0.39 is 10.0 Å². The van der Waals surface area contributed by atoms with Gasteiger partial charge in [0, 0.05) is 28.9 Å². The van der Waals surface area contributed by atoms with Gasteiger partial charge in [-0.25, -0.2) is 8.42 Å². The third-order valence-electron chi connectivity index (χ3n) is 4.06. The number of amides is 1. The molecule has 0 saturated heterocycles. The van der Waals surface area contributed by atoms with E-state index >= 15 is 0 Å². The molecule has 2 aliphatic rings. The van der Waals surface area contributed by atoms with E-state index in [2.05, 4.69) is 9.71 Å². The number of rotatable bonds is 3. The van der Waals surface area contributed by atoms with E-state index in [9.17, 15) is 13.2 Å². The first kappa shape index (κ1) is 16.7. The first-order chi connectivity index (χ1) is 12.5. The number of fused-ring (bicyclic) bond motifs is 1. The van der Waals surface area contributed by atoms with Crippen LogP contribution in [0, 0.1) is 0 Å². The van der Waals surface area contributed by atoms with Gasteiger partial charge in [0.05, 0.1) is 11.3 Å². The summed E-state index contributed by atoms with van der Waals surface area (Å²) in [5, 5.41) is 4.87. The molecule has 0 atom stereocenters. The van der Waals surface area contributed by atoms with Crippen molar-refractivity contribution in [2.75, 3.05) is 17.6 Å². The second-order valence-corrected chi connectivity index (χ2v) is 8.50. The minimum atomic E-state index is -3.54. The highest BCUT2D eigenvalue weighted by atomic mass is 32.2. The van der Waals surface area contributed by atoms with Gasteiger partial charge in [0.25, 0.3) is 15.9 Å². The first-order valence-corrected chi connectivity index (χ1v) is 10.4. The zero-order valence-electron chi connectivity index (χ0n) is 13.6. The predicted molar refractivity (Wildman–Crippen MR) is 104 cm³/mol. The van der Waals surface area contributed by atoms with Crippen LogP contribution in [-0.2, 0) is 14.8 Å². The van der Waals surface area contributed by atoms with Gasteiger partial charge in [-0.3, -0.25) is 4.79 Å².